The first-order valence-electron chi connectivity index (χ1n) is 9.88. The van der Waals surface area contributed by atoms with Gasteiger partial charge in [0.15, 0.2) is 0 Å². The molecule has 2 aliphatic rings. The highest BCUT2D eigenvalue weighted by atomic mass is 19.1. The second-order valence-corrected chi connectivity index (χ2v) is 7.81. The van der Waals surface area contributed by atoms with Crippen molar-refractivity contribution in [3.05, 3.63) is 75.5 Å². The zero-order chi connectivity index (χ0) is 20.0. The molecule has 2 unspecified atom stereocenters. The van der Waals surface area contributed by atoms with E-state index < -0.39 is 5.82 Å². The number of hydrogen-bond acceptors (Lipinski definition) is 4. The van der Waals surface area contributed by atoms with Crippen LogP contribution >= 0.6 is 0 Å². The zero-order valence-corrected chi connectivity index (χ0v) is 15.8. The second kappa shape index (κ2) is 7.08. The molecule has 2 fully saturated rings. The number of nitrogens with zero attached hydrogens (tertiary/aromatic N) is 2. The predicted molar refractivity (Wildman–Crippen MR) is 107 cm³/mol. The van der Waals surface area contributed by atoms with Gasteiger partial charge >= 0.3 is 0 Å². The van der Waals surface area contributed by atoms with Gasteiger partial charge in [-0.25, -0.2) is 9.49 Å². The Morgan fingerprint density at radius 1 is 1.17 bits per heavy atom. The number of fused-ring (bicyclic) bond motifs is 2. The fourth-order valence-corrected chi connectivity index (χ4v) is 4.60. The molecule has 2 atom stereocenters. The van der Waals surface area contributed by atoms with Crippen molar-refractivity contribution in [2.45, 2.75) is 18.9 Å². The number of rotatable bonds is 3. The minimum absolute atomic E-state index is 0.101. The van der Waals surface area contributed by atoms with Crippen LogP contribution in [0.1, 0.15) is 28.0 Å². The van der Waals surface area contributed by atoms with Crippen LogP contribution in [0.25, 0.3) is 10.8 Å². The summed E-state index contributed by atoms with van der Waals surface area (Å²) in [6.45, 7) is 2.36. The van der Waals surface area contributed by atoms with E-state index in [1.54, 1.807) is 29.2 Å². The molecular formula is C22H21FN4O2. The summed E-state index contributed by atoms with van der Waals surface area (Å²) in [4.78, 5) is 26.9. The van der Waals surface area contributed by atoms with Gasteiger partial charge in [-0.15, -0.1) is 0 Å². The van der Waals surface area contributed by atoms with Crippen molar-refractivity contribution in [1.29, 1.82) is 0 Å². The molecule has 5 rings (SSSR count). The maximum absolute atomic E-state index is 14.5. The molecule has 3 heterocycles. The Labute approximate surface area is 166 Å². The zero-order valence-electron chi connectivity index (χ0n) is 15.8. The Hall–Kier alpha value is -3.06. The Bertz CT molecular complexity index is 1160. The number of H-pyrrole nitrogens is 1. The van der Waals surface area contributed by atoms with E-state index in [1.807, 2.05) is 12.1 Å². The molecule has 148 valence electrons. The van der Waals surface area contributed by atoms with Crippen LogP contribution in [0, 0.1) is 11.7 Å². The van der Waals surface area contributed by atoms with Gasteiger partial charge in [0.05, 0.1) is 16.6 Å². The summed E-state index contributed by atoms with van der Waals surface area (Å²) < 4.78 is 14.5. The van der Waals surface area contributed by atoms with Gasteiger partial charge in [-0.3, -0.25) is 9.59 Å². The lowest BCUT2D eigenvalue weighted by Crippen LogP contribution is -2.39. The number of likely N-dealkylation sites (tertiary alicyclic amines) is 1. The number of aromatic amines is 1. The highest BCUT2D eigenvalue weighted by molar-refractivity contribution is 5.95. The molecule has 7 heteroatoms. The number of carbonyl (C=O) groups is 1. The van der Waals surface area contributed by atoms with Crippen LogP contribution in [0.5, 0.6) is 0 Å². The third-order valence-corrected chi connectivity index (χ3v) is 6.11. The third kappa shape index (κ3) is 3.11. The predicted octanol–water partition coefficient (Wildman–Crippen LogP) is 2.09. The first kappa shape index (κ1) is 18.0. The number of halogens is 1. The molecule has 0 saturated carbocycles. The van der Waals surface area contributed by atoms with Crippen molar-refractivity contribution in [1.82, 2.24) is 20.4 Å². The molecule has 2 aliphatic heterocycles. The smallest absolute Gasteiger partial charge is 0.272 e. The first-order valence-corrected chi connectivity index (χ1v) is 9.88. The van der Waals surface area contributed by atoms with Crippen molar-refractivity contribution >= 4 is 16.7 Å². The summed E-state index contributed by atoms with van der Waals surface area (Å²) in [5, 5.41) is 11.3. The van der Waals surface area contributed by atoms with E-state index in [0.717, 1.165) is 30.5 Å². The van der Waals surface area contributed by atoms with Crippen molar-refractivity contribution in [2.75, 3.05) is 19.6 Å². The van der Waals surface area contributed by atoms with Gasteiger partial charge in [0.2, 0.25) is 0 Å². The fraction of sp³-hybridized carbons (Fsp3) is 0.318. The lowest BCUT2D eigenvalue weighted by molar-refractivity contribution is 0.0732. The number of nitrogens with one attached hydrogen (secondary N) is 2. The van der Waals surface area contributed by atoms with Gasteiger partial charge in [0.1, 0.15) is 5.82 Å². The van der Waals surface area contributed by atoms with E-state index in [9.17, 15) is 14.0 Å². The minimum Gasteiger partial charge on any atom is -0.334 e. The van der Waals surface area contributed by atoms with E-state index in [2.05, 4.69) is 15.5 Å². The summed E-state index contributed by atoms with van der Waals surface area (Å²) in [5.74, 6) is -0.297. The summed E-state index contributed by atoms with van der Waals surface area (Å²) in [6.07, 6.45) is 1.35. The molecule has 0 aliphatic carbocycles. The van der Waals surface area contributed by atoms with E-state index in [4.69, 9.17) is 0 Å². The summed E-state index contributed by atoms with van der Waals surface area (Å²) in [5.41, 5.74) is 1.32. The molecule has 1 amide bonds. The first-order chi connectivity index (χ1) is 14.1. The number of carbonyl (C=O) groups excluding carboxylic acids is 1. The van der Waals surface area contributed by atoms with E-state index >= 15 is 0 Å². The van der Waals surface area contributed by atoms with Gasteiger partial charge in [-0.2, -0.15) is 5.10 Å². The summed E-state index contributed by atoms with van der Waals surface area (Å²) >= 11 is 0. The molecule has 3 aromatic rings. The van der Waals surface area contributed by atoms with Crippen LogP contribution in [0.15, 0.2) is 47.3 Å². The monoisotopic (exact) mass is 392 g/mol. The van der Waals surface area contributed by atoms with Crippen LogP contribution in [-0.2, 0) is 6.42 Å². The van der Waals surface area contributed by atoms with Crippen molar-refractivity contribution in [3.63, 3.8) is 0 Å². The normalized spacial score (nSPS) is 20.9. The minimum atomic E-state index is -0.507. The summed E-state index contributed by atoms with van der Waals surface area (Å²) in [7, 11) is 0. The maximum atomic E-state index is 14.5. The van der Waals surface area contributed by atoms with E-state index in [-0.39, 0.29) is 23.1 Å². The van der Waals surface area contributed by atoms with Crippen LogP contribution < -0.4 is 10.9 Å². The highest BCUT2D eigenvalue weighted by Gasteiger charge is 2.40. The summed E-state index contributed by atoms with van der Waals surface area (Å²) in [6, 6.07) is 12.0. The number of aromatic nitrogens is 2. The molecule has 2 saturated heterocycles. The standard InChI is InChI=1S/C22H21FN4O2/c23-18-6-5-13(10-19-15-3-1-2-4-16(15)21(28)26-25-19)9-17(18)22(29)27-8-7-14-11-24-12-20(14)27/h1-6,9,14,20,24H,7-8,10-12H2,(H,26,28). The topological polar surface area (TPSA) is 78.1 Å². The average Bonchev–Trinajstić information content (AvgIpc) is 3.35. The fourth-order valence-electron chi connectivity index (χ4n) is 4.60. The lowest BCUT2D eigenvalue weighted by Gasteiger charge is -2.24. The Kier molecular flexibility index (Phi) is 4.39. The number of amides is 1. The van der Waals surface area contributed by atoms with Gasteiger partial charge in [-0.1, -0.05) is 24.3 Å². The molecule has 6 nitrogen and oxygen atoms in total. The van der Waals surface area contributed by atoms with Gasteiger partial charge in [0, 0.05) is 37.5 Å². The largest absolute Gasteiger partial charge is 0.334 e. The molecule has 0 spiro atoms. The van der Waals surface area contributed by atoms with E-state index in [0.29, 0.717) is 30.0 Å². The van der Waals surface area contributed by atoms with E-state index in [1.165, 1.54) is 6.07 Å². The molecular weight excluding hydrogens is 371 g/mol. The molecule has 2 N–H and O–H groups in total. The number of hydrogen-bond donors (Lipinski definition) is 2. The molecule has 1 aromatic heterocycles. The molecule has 2 aromatic carbocycles. The Balaban J connectivity index is 1.47. The third-order valence-electron chi connectivity index (χ3n) is 6.11. The van der Waals surface area contributed by atoms with Crippen LogP contribution in [0.4, 0.5) is 4.39 Å². The van der Waals surface area contributed by atoms with Crippen LogP contribution in [-0.4, -0.2) is 46.7 Å². The molecule has 0 bridgehead atoms. The maximum Gasteiger partial charge on any atom is 0.272 e. The van der Waals surface area contributed by atoms with Gasteiger partial charge in [0.25, 0.3) is 11.5 Å². The number of benzene rings is 2. The van der Waals surface area contributed by atoms with Crippen molar-refractivity contribution in [3.8, 4) is 0 Å². The second-order valence-electron chi connectivity index (χ2n) is 7.81. The van der Waals surface area contributed by atoms with Crippen LogP contribution in [0.2, 0.25) is 0 Å². The lowest BCUT2D eigenvalue weighted by atomic mass is 10.0. The van der Waals surface area contributed by atoms with Crippen molar-refractivity contribution in [2.24, 2.45) is 5.92 Å². The van der Waals surface area contributed by atoms with Crippen molar-refractivity contribution < 1.29 is 9.18 Å². The molecule has 29 heavy (non-hydrogen) atoms. The van der Waals surface area contributed by atoms with Gasteiger partial charge < -0.3 is 10.2 Å². The van der Waals surface area contributed by atoms with Crippen LogP contribution in [0.3, 0.4) is 0 Å². The highest BCUT2D eigenvalue weighted by Crippen LogP contribution is 2.29. The van der Waals surface area contributed by atoms with Gasteiger partial charge in [-0.05, 0) is 36.1 Å². The molecule has 0 radical (unpaired) electrons. The average molecular weight is 392 g/mol. The quantitative estimate of drug-likeness (QED) is 0.716. The Morgan fingerprint density at radius 2 is 2.00 bits per heavy atom. The Morgan fingerprint density at radius 3 is 2.86 bits per heavy atom. The SMILES string of the molecule is O=C(c1cc(Cc2n[nH]c(=O)c3ccccc23)ccc1F)N1CCC2CNCC21.